The first-order valence-corrected chi connectivity index (χ1v) is 11.7. The Morgan fingerprint density at radius 2 is 1.85 bits per heavy atom. The molecule has 6 nitrogen and oxygen atoms in total. The number of benzene rings is 2. The molecule has 0 aliphatic carbocycles. The van der Waals surface area contributed by atoms with Gasteiger partial charge in [0.25, 0.3) is 0 Å². The third-order valence-corrected chi connectivity index (χ3v) is 7.90. The van der Waals surface area contributed by atoms with Gasteiger partial charge in [-0.3, -0.25) is 14.4 Å². The van der Waals surface area contributed by atoms with Crippen molar-refractivity contribution < 1.29 is 28.2 Å². The Morgan fingerprint density at radius 3 is 2.48 bits per heavy atom. The van der Waals surface area contributed by atoms with Crippen molar-refractivity contribution in [1.82, 2.24) is 4.31 Å². The summed E-state index contributed by atoms with van der Waals surface area (Å²) in [5.74, 6) is -1.78. The van der Waals surface area contributed by atoms with Gasteiger partial charge in [0.05, 0.1) is 18.6 Å². The number of carbonyl (C=O) groups excluding carboxylic acids is 3. The summed E-state index contributed by atoms with van der Waals surface area (Å²) in [7, 11) is 1.33. The van der Waals surface area contributed by atoms with Crippen LogP contribution in [0.5, 0.6) is 0 Å². The number of rotatable bonds is 5. The van der Waals surface area contributed by atoms with Gasteiger partial charge in [-0.2, -0.15) is 0 Å². The fourth-order valence-electron chi connectivity index (χ4n) is 4.42. The molecule has 0 aromatic heterocycles. The van der Waals surface area contributed by atoms with Crippen LogP contribution in [0, 0.1) is 5.82 Å². The molecule has 0 bridgehead atoms. The second-order valence-electron chi connectivity index (χ2n) is 8.37. The number of esters is 1. The van der Waals surface area contributed by atoms with Crippen LogP contribution in [0.15, 0.2) is 48.5 Å². The number of ketones is 2. The molecule has 2 aliphatic heterocycles. The van der Waals surface area contributed by atoms with Gasteiger partial charge in [0, 0.05) is 25.3 Å². The molecule has 0 saturated carbocycles. The Morgan fingerprint density at radius 1 is 1.15 bits per heavy atom. The summed E-state index contributed by atoms with van der Waals surface area (Å²) in [6, 6.07) is 13.2. The van der Waals surface area contributed by atoms with Crippen LogP contribution in [0.3, 0.4) is 0 Å². The number of nitrogens with zero attached hydrogens (tertiary/aromatic N) is 1. The minimum absolute atomic E-state index is 0.147. The van der Waals surface area contributed by atoms with Crippen molar-refractivity contribution in [2.24, 2.45) is 0 Å². The summed E-state index contributed by atoms with van der Waals surface area (Å²) < 4.78 is 27.4. The van der Waals surface area contributed by atoms with Crippen LogP contribution < -0.4 is 0 Å². The average molecular weight is 472 g/mol. The highest BCUT2D eigenvalue weighted by Gasteiger charge is 2.44. The standard InChI is InChI=1S/C25H26FNO5S/c1-16-21(28)22(29)23(17-6-4-3-5-7-17)33-27(16)15-18-8-9-19(14-20(18)26)25(24(30)31-2)10-12-32-13-11-25/h3-9,14,16,23H,10-13,15H2,1-2H3. The third kappa shape index (κ3) is 4.47. The van der Waals surface area contributed by atoms with Crippen molar-refractivity contribution in [3.05, 3.63) is 71.0 Å². The predicted molar refractivity (Wildman–Crippen MR) is 122 cm³/mol. The average Bonchev–Trinajstić information content (AvgIpc) is 2.85. The molecule has 4 rings (SSSR count). The third-order valence-electron chi connectivity index (χ3n) is 6.49. The Kier molecular flexibility index (Phi) is 6.97. The number of halogens is 1. The Balaban J connectivity index is 1.59. The smallest absolute Gasteiger partial charge is 0.316 e. The van der Waals surface area contributed by atoms with Gasteiger partial charge in [-0.1, -0.05) is 54.4 Å². The Hall–Kier alpha value is -2.55. The number of hydrogen-bond acceptors (Lipinski definition) is 7. The maximum atomic E-state index is 15.2. The second kappa shape index (κ2) is 9.75. The first-order chi connectivity index (χ1) is 15.9. The van der Waals surface area contributed by atoms with E-state index in [1.165, 1.54) is 25.1 Å². The number of carbonyl (C=O) groups is 3. The van der Waals surface area contributed by atoms with Gasteiger partial charge in [0.15, 0.2) is 0 Å². The van der Waals surface area contributed by atoms with Crippen LogP contribution in [0.2, 0.25) is 0 Å². The molecule has 2 aliphatic rings. The van der Waals surface area contributed by atoms with E-state index in [4.69, 9.17) is 9.47 Å². The summed E-state index contributed by atoms with van der Waals surface area (Å²) in [6.07, 6.45) is 0.847. The summed E-state index contributed by atoms with van der Waals surface area (Å²) in [4.78, 5) is 37.9. The molecular formula is C25H26FNO5S. The number of Topliss-reactive ketones (excluding diaryl/α,β-unsaturated/α-hetero) is 2. The lowest BCUT2D eigenvalue weighted by molar-refractivity contribution is -0.151. The number of methoxy groups -OCH3 is 1. The number of hydrogen-bond donors (Lipinski definition) is 0. The normalized spacial score (nSPS) is 23.4. The van der Waals surface area contributed by atoms with Gasteiger partial charge < -0.3 is 9.47 Å². The molecule has 0 spiro atoms. The van der Waals surface area contributed by atoms with E-state index < -0.39 is 40.1 Å². The highest BCUT2D eigenvalue weighted by atomic mass is 32.2. The molecule has 2 aromatic rings. The van der Waals surface area contributed by atoms with Crippen molar-refractivity contribution in [2.75, 3.05) is 20.3 Å². The van der Waals surface area contributed by atoms with E-state index in [9.17, 15) is 14.4 Å². The highest BCUT2D eigenvalue weighted by molar-refractivity contribution is 7.98. The summed E-state index contributed by atoms with van der Waals surface area (Å²) in [6.45, 7) is 2.61. The maximum absolute atomic E-state index is 15.2. The van der Waals surface area contributed by atoms with Crippen LogP contribution in [-0.4, -0.2) is 48.2 Å². The van der Waals surface area contributed by atoms with Crippen LogP contribution in [0.4, 0.5) is 4.39 Å². The van der Waals surface area contributed by atoms with Crippen LogP contribution in [0.25, 0.3) is 0 Å². The molecule has 2 aromatic carbocycles. The van der Waals surface area contributed by atoms with E-state index in [1.807, 2.05) is 30.3 Å². The zero-order valence-corrected chi connectivity index (χ0v) is 19.4. The molecule has 2 saturated heterocycles. The molecule has 0 N–H and O–H groups in total. The molecule has 2 fully saturated rings. The van der Waals surface area contributed by atoms with Gasteiger partial charge in [-0.15, -0.1) is 0 Å². The van der Waals surface area contributed by atoms with E-state index >= 15 is 4.39 Å². The largest absolute Gasteiger partial charge is 0.468 e. The van der Waals surface area contributed by atoms with E-state index in [0.29, 0.717) is 37.2 Å². The van der Waals surface area contributed by atoms with E-state index in [2.05, 4.69) is 0 Å². The van der Waals surface area contributed by atoms with E-state index in [1.54, 1.807) is 23.4 Å². The van der Waals surface area contributed by atoms with Crippen LogP contribution in [0.1, 0.15) is 41.7 Å². The predicted octanol–water partition coefficient (Wildman–Crippen LogP) is 3.78. The SMILES string of the molecule is COC(=O)C1(c2ccc(CN3SC(c4ccccc4)C(=O)C(=O)C3C)c(F)c2)CCOCC1. The molecule has 2 unspecified atom stereocenters. The minimum Gasteiger partial charge on any atom is -0.468 e. The van der Waals surface area contributed by atoms with Crippen LogP contribution >= 0.6 is 11.9 Å². The van der Waals surface area contributed by atoms with Gasteiger partial charge in [-0.05, 0) is 37.0 Å². The van der Waals surface area contributed by atoms with Gasteiger partial charge >= 0.3 is 5.97 Å². The van der Waals surface area contributed by atoms with Gasteiger partial charge in [0.2, 0.25) is 11.6 Å². The lowest BCUT2D eigenvalue weighted by Gasteiger charge is -2.36. The summed E-state index contributed by atoms with van der Waals surface area (Å²) in [5.41, 5.74) is 0.763. The Labute approximate surface area is 196 Å². The molecule has 0 amide bonds. The first kappa shape index (κ1) is 23.6. The van der Waals surface area contributed by atoms with Crippen molar-refractivity contribution in [2.45, 2.75) is 43.0 Å². The van der Waals surface area contributed by atoms with Crippen molar-refractivity contribution in [3.63, 3.8) is 0 Å². The van der Waals surface area contributed by atoms with Crippen molar-refractivity contribution in [3.8, 4) is 0 Å². The van der Waals surface area contributed by atoms with E-state index in [-0.39, 0.29) is 6.54 Å². The summed E-state index contributed by atoms with van der Waals surface area (Å²) in [5, 5.41) is -0.651. The molecule has 2 atom stereocenters. The summed E-state index contributed by atoms with van der Waals surface area (Å²) >= 11 is 1.25. The lowest BCUT2D eigenvalue weighted by Crippen LogP contribution is -2.45. The van der Waals surface area contributed by atoms with Gasteiger partial charge in [0.1, 0.15) is 11.1 Å². The Bertz CT molecular complexity index is 1050. The van der Waals surface area contributed by atoms with Crippen molar-refractivity contribution in [1.29, 1.82) is 0 Å². The zero-order valence-electron chi connectivity index (χ0n) is 18.6. The molecule has 0 radical (unpaired) electrons. The molecule has 33 heavy (non-hydrogen) atoms. The molecule has 8 heteroatoms. The fraction of sp³-hybridized carbons (Fsp3) is 0.400. The van der Waals surface area contributed by atoms with Crippen LogP contribution in [-0.2, 0) is 35.8 Å². The maximum Gasteiger partial charge on any atom is 0.316 e. The zero-order chi connectivity index (χ0) is 23.6. The molecular weight excluding hydrogens is 445 g/mol. The second-order valence-corrected chi connectivity index (χ2v) is 9.52. The number of ether oxygens (including phenoxy) is 2. The highest BCUT2D eigenvalue weighted by Crippen LogP contribution is 2.41. The quantitative estimate of drug-likeness (QED) is 0.373. The fourth-order valence-corrected chi connectivity index (χ4v) is 5.68. The lowest BCUT2D eigenvalue weighted by atomic mass is 9.74. The monoisotopic (exact) mass is 471 g/mol. The van der Waals surface area contributed by atoms with E-state index in [0.717, 1.165) is 5.56 Å². The van der Waals surface area contributed by atoms with Crippen molar-refractivity contribution >= 4 is 29.5 Å². The molecule has 2 heterocycles. The molecule has 174 valence electrons. The minimum atomic E-state index is -0.930. The first-order valence-electron chi connectivity index (χ1n) is 10.9. The topological polar surface area (TPSA) is 72.9 Å². The van der Waals surface area contributed by atoms with Gasteiger partial charge in [-0.25, -0.2) is 8.70 Å².